The number of benzene rings is 1. The average molecular weight is 329 g/mol. The fourth-order valence-electron chi connectivity index (χ4n) is 2.60. The van der Waals surface area contributed by atoms with Crippen molar-refractivity contribution in [3.8, 4) is 0 Å². The SMILES string of the molecule is CC(C)C(O)CCNC(=O)C1(c2cccc(C(F)(F)F)c2)CC1. The van der Waals surface area contributed by atoms with Gasteiger partial charge in [-0.2, -0.15) is 13.2 Å². The molecule has 1 unspecified atom stereocenters. The fourth-order valence-corrected chi connectivity index (χ4v) is 2.60. The van der Waals surface area contributed by atoms with Crippen molar-refractivity contribution in [1.29, 1.82) is 0 Å². The number of aliphatic hydroxyl groups is 1. The van der Waals surface area contributed by atoms with E-state index in [1.54, 1.807) is 6.07 Å². The van der Waals surface area contributed by atoms with E-state index in [0.29, 0.717) is 31.4 Å². The molecular formula is C17H22F3NO2. The lowest BCUT2D eigenvalue weighted by atomic mass is 9.93. The van der Waals surface area contributed by atoms with Gasteiger partial charge in [-0.1, -0.05) is 32.0 Å². The minimum atomic E-state index is -4.41. The van der Waals surface area contributed by atoms with Gasteiger partial charge in [0.15, 0.2) is 0 Å². The summed E-state index contributed by atoms with van der Waals surface area (Å²) < 4.78 is 38.4. The molecule has 0 heterocycles. The first-order valence-electron chi connectivity index (χ1n) is 7.81. The van der Waals surface area contributed by atoms with Gasteiger partial charge in [0.1, 0.15) is 0 Å². The highest BCUT2D eigenvalue weighted by Crippen LogP contribution is 2.49. The lowest BCUT2D eigenvalue weighted by molar-refractivity contribution is -0.137. The Morgan fingerprint density at radius 2 is 2.00 bits per heavy atom. The number of alkyl halides is 3. The molecule has 6 heteroatoms. The molecule has 1 aromatic carbocycles. The third-order valence-corrected chi connectivity index (χ3v) is 4.42. The standard InChI is InChI=1S/C17H22F3NO2/c1-11(2)14(22)6-9-21-15(23)16(7-8-16)12-4-3-5-13(10-12)17(18,19)20/h3-5,10-11,14,22H,6-9H2,1-2H3,(H,21,23). The van der Waals surface area contributed by atoms with Gasteiger partial charge in [-0.25, -0.2) is 0 Å². The van der Waals surface area contributed by atoms with Gasteiger partial charge in [0.05, 0.1) is 17.1 Å². The molecule has 1 aliphatic rings. The molecule has 1 saturated carbocycles. The van der Waals surface area contributed by atoms with E-state index >= 15 is 0 Å². The molecule has 0 saturated heterocycles. The van der Waals surface area contributed by atoms with E-state index in [9.17, 15) is 23.1 Å². The van der Waals surface area contributed by atoms with Crippen molar-refractivity contribution in [3.63, 3.8) is 0 Å². The minimum Gasteiger partial charge on any atom is -0.393 e. The summed E-state index contributed by atoms with van der Waals surface area (Å²) in [7, 11) is 0. The monoisotopic (exact) mass is 329 g/mol. The molecule has 2 rings (SSSR count). The van der Waals surface area contributed by atoms with Gasteiger partial charge in [0, 0.05) is 6.54 Å². The highest BCUT2D eigenvalue weighted by molar-refractivity contribution is 5.91. The Kier molecular flexibility index (Phi) is 5.04. The van der Waals surface area contributed by atoms with Crippen LogP contribution in [0.4, 0.5) is 13.2 Å². The van der Waals surface area contributed by atoms with E-state index in [0.717, 1.165) is 12.1 Å². The summed E-state index contributed by atoms with van der Waals surface area (Å²) in [6.45, 7) is 4.09. The number of hydrogen-bond donors (Lipinski definition) is 2. The summed E-state index contributed by atoms with van der Waals surface area (Å²) in [5, 5.41) is 12.5. The molecule has 128 valence electrons. The van der Waals surface area contributed by atoms with Crippen LogP contribution in [0.3, 0.4) is 0 Å². The summed E-state index contributed by atoms with van der Waals surface area (Å²) in [5.41, 5.74) is -1.16. The van der Waals surface area contributed by atoms with Crippen LogP contribution in [0, 0.1) is 5.92 Å². The third kappa shape index (κ3) is 4.05. The molecule has 23 heavy (non-hydrogen) atoms. The molecule has 0 aliphatic heterocycles. The van der Waals surface area contributed by atoms with Crippen molar-refractivity contribution in [2.45, 2.75) is 50.8 Å². The topological polar surface area (TPSA) is 49.3 Å². The number of amides is 1. The lowest BCUT2D eigenvalue weighted by Gasteiger charge is -2.19. The van der Waals surface area contributed by atoms with Crippen LogP contribution in [0.5, 0.6) is 0 Å². The summed E-state index contributed by atoms with van der Waals surface area (Å²) >= 11 is 0. The zero-order valence-electron chi connectivity index (χ0n) is 13.3. The summed E-state index contributed by atoms with van der Waals surface area (Å²) in [6, 6.07) is 4.99. The second kappa shape index (κ2) is 6.51. The van der Waals surface area contributed by atoms with Gasteiger partial charge < -0.3 is 10.4 Å². The van der Waals surface area contributed by atoms with E-state index in [1.807, 2.05) is 13.8 Å². The molecule has 1 amide bonds. The number of carbonyl (C=O) groups excluding carboxylic acids is 1. The van der Waals surface area contributed by atoms with Crippen LogP contribution in [-0.4, -0.2) is 23.7 Å². The molecule has 1 fully saturated rings. The highest BCUT2D eigenvalue weighted by Gasteiger charge is 2.51. The molecule has 0 bridgehead atoms. The molecular weight excluding hydrogens is 307 g/mol. The van der Waals surface area contributed by atoms with Crippen LogP contribution in [0.25, 0.3) is 0 Å². The number of aliphatic hydroxyl groups excluding tert-OH is 1. The molecule has 2 N–H and O–H groups in total. The van der Waals surface area contributed by atoms with Crippen molar-refractivity contribution >= 4 is 5.91 Å². The first kappa shape index (κ1) is 17.8. The normalized spacial score (nSPS) is 17.9. The Hall–Kier alpha value is -1.56. The summed E-state index contributed by atoms with van der Waals surface area (Å²) in [5.74, 6) is -0.155. The fraction of sp³-hybridized carbons (Fsp3) is 0.588. The van der Waals surface area contributed by atoms with Crippen molar-refractivity contribution in [1.82, 2.24) is 5.32 Å². The average Bonchev–Trinajstić information content (AvgIpc) is 3.28. The molecule has 1 aliphatic carbocycles. The Labute approximate surface area is 133 Å². The molecule has 0 radical (unpaired) electrons. The van der Waals surface area contributed by atoms with E-state index in [4.69, 9.17) is 0 Å². The number of nitrogens with one attached hydrogen (secondary N) is 1. The maximum atomic E-state index is 12.8. The maximum absolute atomic E-state index is 12.8. The molecule has 0 aromatic heterocycles. The van der Waals surface area contributed by atoms with Crippen LogP contribution < -0.4 is 5.32 Å². The Balaban J connectivity index is 2.03. The van der Waals surface area contributed by atoms with Gasteiger partial charge in [-0.3, -0.25) is 4.79 Å². The first-order chi connectivity index (χ1) is 10.7. The Morgan fingerprint density at radius 1 is 1.35 bits per heavy atom. The van der Waals surface area contributed by atoms with Crippen LogP contribution in [-0.2, 0) is 16.4 Å². The quantitative estimate of drug-likeness (QED) is 0.842. The zero-order chi connectivity index (χ0) is 17.3. The van der Waals surface area contributed by atoms with Crippen LogP contribution >= 0.6 is 0 Å². The molecule has 1 aromatic rings. The molecule has 3 nitrogen and oxygen atoms in total. The molecule has 0 spiro atoms. The second-order valence-electron chi connectivity index (χ2n) is 6.52. The largest absolute Gasteiger partial charge is 0.416 e. The Bertz CT molecular complexity index is 565. The smallest absolute Gasteiger partial charge is 0.393 e. The lowest BCUT2D eigenvalue weighted by Crippen LogP contribution is -2.37. The summed E-state index contributed by atoms with van der Waals surface area (Å²) in [6.07, 6.45) is -3.38. The van der Waals surface area contributed by atoms with Gasteiger partial charge in [0.2, 0.25) is 5.91 Å². The molecule has 1 atom stereocenters. The van der Waals surface area contributed by atoms with Gasteiger partial charge >= 0.3 is 6.18 Å². The highest BCUT2D eigenvalue weighted by atomic mass is 19.4. The minimum absolute atomic E-state index is 0.102. The van der Waals surface area contributed by atoms with E-state index < -0.39 is 23.3 Å². The van der Waals surface area contributed by atoms with Gasteiger partial charge in [-0.15, -0.1) is 0 Å². The zero-order valence-corrected chi connectivity index (χ0v) is 13.3. The first-order valence-corrected chi connectivity index (χ1v) is 7.81. The number of halogens is 3. The van der Waals surface area contributed by atoms with Crippen LogP contribution in [0.2, 0.25) is 0 Å². The van der Waals surface area contributed by atoms with Crippen LogP contribution in [0.15, 0.2) is 24.3 Å². The Morgan fingerprint density at radius 3 is 2.52 bits per heavy atom. The second-order valence-corrected chi connectivity index (χ2v) is 6.52. The van der Waals surface area contributed by atoms with Crippen molar-refractivity contribution < 1.29 is 23.1 Å². The number of carbonyl (C=O) groups is 1. The number of hydrogen-bond acceptors (Lipinski definition) is 2. The van der Waals surface area contributed by atoms with E-state index in [-0.39, 0.29) is 11.8 Å². The van der Waals surface area contributed by atoms with Gasteiger partial charge in [0.25, 0.3) is 0 Å². The van der Waals surface area contributed by atoms with Crippen molar-refractivity contribution in [3.05, 3.63) is 35.4 Å². The van der Waals surface area contributed by atoms with E-state index in [2.05, 4.69) is 5.32 Å². The van der Waals surface area contributed by atoms with Gasteiger partial charge in [-0.05, 0) is 36.8 Å². The third-order valence-electron chi connectivity index (χ3n) is 4.42. The van der Waals surface area contributed by atoms with E-state index in [1.165, 1.54) is 6.07 Å². The summed E-state index contributed by atoms with van der Waals surface area (Å²) in [4.78, 5) is 12.4. The van der Waals surface area contributed by atoms with Crippen molar-refractivity contribution in [2.24, 2.45) is 5.92 Å². The maximum Gasteiger partial charge on any atom is 0.416 e. The predicted octanol–water partition coefficient (Wildman–Crippen LogP) is 3.26. The van der Waals surface area contributed by atoms with Crippen LogP contribution in [0.1, 0.15) is 44.2 Å². The predicted molar refractivity (Wildman–Crippen MR) is 80.8 cm³/mol. The van der Waals surface area contributed by atoms with Crippen molar-refractivity contribution in [2.75, 3.05) is 6.54 Å². The number of rotatable bonds is 6.